The minimum Gasteiger partial charge on any atom is -0.493 e. The minimum atomic E-state index is -0.959. The Morgan fingerprint density at radius 2 is 1.93 bits per heavy atom. The molecule has 0 aromatic heterocycles. The topological polar surface area (TPSA) is 117 Å². The lowest BCUT2D eigenvalue weighted by Gasteiger charge is -2.26. The first kappa shape index (κ1) is 21.1. The molecule has 1 unspecified atom stereocenters. The monoisotopic (exact) mass is 413 g/mol. The molecule has 1 aliphatic heterocycles. The van der Waals surface area contributed by atoms with Crippen LogP contribution in [0.3, 0.4) is 0 Å². The van der Waals surface area contributed by atoms with Crippen LogP contribution in [0.4, 0.5) is 5.69 Å². The van der Waals surface area contributed by atoms with E-state index in [0.717, 1.165) is 4.90 Å². The molecule has 0 bridgehead atoms. The summed E-state index contributed by atoms with van der Waals surface area (Å²) in [7, 11) is 3.15. The van der Waals surface area contributed by atoms with Crippen molar-refractivity contribution in [1.82, 2.24) is 10.4 Å². The number of nitrogens with zero attached hydrogens (tertiary/aromatic N) is 1. The van der Waals surface area contributed by atoms with Gasteiger partial charge in [0.05, 0.1) is 37.3 Å². The fraction of sp³-hybridized carbons (Fsp3) is 0.286. The molecule has 0 fully saturated rings. The van der Waals surface area contributed by atoms with Gasteiger partial charge in [0.2, 0.25) is 5.91 Å². The van der Waals surface area contributed by atoms with Gasteiger partial charge in [-0.25, -0.2) is 5.48 Å². The zero-order valence-electron chi connectivity index (χ0n) is 16.9. The third-order valence-corrected chi connectivity index (χ3v) is 4.90. The molecule has 158 valence electrons. The number of hydrogen-bond acceptors (Lipinski definition) is 7. The second kappa shape index (κ2) is 8.83. The van der Waals surface area contributed by atoms with Crippen molar-refractivity contribution in [2.45, 2.75) is 19.4 Å². The second-order valence-corrected chi connectivity index (χ2v) is 6.56. The zero-order valence-corrected chi connectivity index (χ0v) is 16.9. The largest absolute Gasteiger partial charge is 0.493 e. The average molecular weight is 413 g/mol. The first-order chi connectivity index (χ1) is 14.5. The third kappa shape index (κ3) is 3.67. The summed E-state index contributed by atoms with van der Waals surface area (Å²) >= 11 is 0. The fourth-order valence-electron chi connectivity index (χ4n) is 3.54. The summed E-state index contributed by atoms with van der Waals surface area (Å²) in [5.41, 5.74) is 3.07. The lowest BCUT2D eigenvalue weighted by Crippen LogP contribution is -2.37. The molecule has 0 saturated carbocycles. The van der Waals surface area contributed by atoms with Gasteiger partial charge in [0, 0.05) is 12.7 Å². The molecule has 2 aromatic carbocycles. The number of hydrogen-bond donors (Lipinski definition) is 3. The molecule has 0 spiro atoms. The summed E-state index contributed by atoms with van der Waals surface area (Å²) in [4.78, 5) is 39.4. The predicted octanol–water partition coefficient (Wildman–Crippen LogP) is 2.37. The first-order valence-corrected chi connectivity index (χ1v) is 9.39. The predicted molar refractivity (Wildman–Crippen MR) is 108 cm³/mol. The number of anilines is 1. The van der Waals surface area contributed by atoms with E-state index in [2.05, 4.69) is 5.32 Å². The summed E-state index contributed by atoms with van der Waals surface area (Å²) in [5.74, 6) is -0.884. The number of fused-ring (bicyclic) bond motifs is 1. The Labute approximate surface area is 173 Å². The van der Waals surface area contributed by atoms with Crippen molar-refractivity contribution in [3.8, 4) is 11.5 Å². The smallest absolute Gasteiger partial charge is 0.264 e. The number of ether oxygens (including phenoxy) is 2. The minimum absolute atomic E-state index is 0.248. The van der Waals surface area contributed by atoms with E-state index < -0.39 is 23.8 Å². The average Bonchev–Trinajstić information content (AvgIpc) is 3.02. The molecule has 2 aromatic rings. The molecule has 1 heterocycles. The normalized spacial score (nSPS) is 13.7. The quantitative estimate of drug-likeness (QED) is 0.345. The Morgan fingerprint density at radius 3 is 2.57 bits per heavy atom. The van der Waals surface area contributed by atoms with Crippen molar-refractivity contribution in [3.05, 3.63) is 53.1 Å². The van der Waals surface area contributed by atoms with Gasteiger partial charge in [-0.1, -0.05) is 12.1 Å². The molecule has 3 amide bonds. The Hall–Kier alpha value is -3.59. The van der Waals surface area contributed by atoms with E-state index in [-0.39, 0.29) is 17.5 Å². The lowest BCUT2D eigenvalue weighted by molar-refractivity contribution is -0.130. The van der Waals surface area contributed by atoms with Crippen molar-refractivity contribution in [2.24, 2.45) is 0 Å². The number of benzene rings is 2. The van der Waals surface area contributed by atoms with E-state index in [1.54, 1.807) is 48.9 Å². The van der Waals surface area contributed by atoms with Gasteiger partial charge in [-0.05, 0) is 36.8 Å². The van der Waals surface area contributed by atoms with Crippen molar-refractivity contribution in [3.63, 3.8) is 0 Å². The number of amides is 3. The molecule has 9 heteroatoms. The van der Waals surface area contributed by atoms with Crippen LogP contribution in [0.2, 0.25) is 0 Å². The number of rotatable bonds is 8. The molecule has 0 saturated heterocycles. The first-order valence-electron chi connectivity index (χ1n) is 9.39. The van der Waals surface area contributed by atoms with Gasteiger partial charge in [0.25, 0.3) is 11.8 Å². The number of nitrogens with one attached hydrogen (secondary N) is 2. The van der Waals surface area contributed by atoms with Crippen molar-refractivity contribution in [1.29, 1.82) is 0 Å². The lowest BCUT2D eigenvalue weighted by atomic mass is 10.0. The summed E-state index contributed by atoms with van der Waals surface area (Å²) in [6.07, 6.45) is -0.325. The fourth-order valence-corrected chi connectivity index (χ4v) is 3.54. The van der Waals surface area contributed by atoms with Crippen molar-refractivity contribution in [2.75, 3.05) is 26.1 Å². The van der Waals surface area contributed by atoms with Gasteiger partial charge in [-0.15, -0.1) is 0 Å². The van der Waals surface area contributed by atoms with E-state index in [1.807, 2.05) is 6.92 Å². The molecular formula is C21H23N3O6. The summed E-state index contributed by atoms with van der Waals surface area (Å²) in [6.45, 7) is 2.19. The van der Waals surface area contributed by atoms with Crippen LogP contribution < -0.4 is 20.3 Å². The highest BCUT2D eigenvalue weighted by Gasteiger charge is 2.42. The van der Waals surface area contributed by atoms with Gasteiger partial charge in [0.1, 0.15) is 0 Å². The Kier molecular flexibility index (Phi) is 6.22. The van der Waals surface area contributed by atoms with Crippen LogP contribution in [-0.4, -0.2) is 48.6 Å². The van der Waals surface area contributed by atoms with Crippen LogP contribution >= 0.6 is 0 Å². The molecule has 1 atom stereocenters. The molecule has 9 nitrogen and oxygen atoms in total. The van der Waals surface area contributed by atoms with Gasteiger partial charge in [-0.3, -0.25) is 24.5 Å². The highest BCUT2D eigenvalue weighted by Crippen LogP contribution is 2.39. The summed E-state index contributed by atoms with van der Waals surface area (Å²) < 4.78 is 10.9. The van der Waals surface area contributed by atoms with Crippen molar-refractivity contribution < 1.29 is 29.1 Å². The van der Waals surface area contributed by atoms with Gasteiger partial charge < -0.3 is 14.8 Å². The third-order valence-electron chi connectivity index (χ3n) is 4.90. The Balaban J connectivity index is 2.10. The Bertz CT molecular complexity index is 991. The van der Waals surface area contributed by atoms with Crippen LogP contribution in [0.1, 0.15) is 45.7 Å². The van der Waals surface area contributed by atoms with Gasteiger partial charge in [-0.2, -0.15) is 0 Å². The summed E-state index contributed by atoms with van der Waals surface area (Å²) in [6, 6.07) is 8.90. The van der Waals surface area contributed by atoms with Crippen LogP contribution in [0.5, 0.6) is 11.5 Å². The number of carbonyl (C=O) groups is 3. The van der Waals surface area contributed by atoms with Crippen LogP contribution in [0.25, 0.3) is 0 Å². The van der Waals surface area contributed by atoms with Crippen LogP contribution in [-0.2, 0) is 4.79 Å². The number of methoxy groups -OCH3 is 1. The van der Waals surface area contributed by atoms with E-state index in [4.69, 9.17) is 14.7 Å². The second-order valence-electron chi connectivity index (χ2n) is 6.56. The van der Waals surface area contributed by atoms with E-state index in [1.165, 1.54) is 7.11 Å². The maximum Gasteiger partial charge on any atom is 0.264 e. The zero-order chi connectivity index (χ0) is 21.8. The van der Waals surface area contributed by atoms with E-state index in [0.29, 0.717) is 29.4 Å². The summed E-state index contributed by atoms with van der Waals surface area (Å²) in [5, 5.41) is 12.0. The standard InChI is InChI=1S/C21H23N3O6/c1-4-30-17-10-12(8-9-16(17)29-3)15(11-18(25)23-28)24-20(26)13-6-5-7-14(22-2)19(13)21(24)27/h5-10,15,22,28H,4,11H2,1-3H3,(H,23,25). The highest BCUT2D eigenvalue weighted by molar-refractivity contribution is 6.24. The molecule has 1 aliphatic rings. The van der Waals surface area contributed by atoms with Gasteiger partial charge in [0.15, 0.2) is 11.5 Å². The van der Waals surface area contributed by atoms with Crippen LogP contribution in [0.15, 0.2) is 36.4 Å². The van der Waals surface area contributed by atoms with Crippen LogP contribution in [0, 0.1) is 0 Å². The number of carbonyl (C=O) groups excluding carboxylic acids is 3. The maximum absolute atomic E-state index is 13.2. The number of imide groups is 1. The molecular weight excluding hydrogens is 390 g/mol. The van der Waals surface area contributed by atoms with Gasteiger partial charge >= 0.3 is 0 Å². The van der Waals surface area contributed by atoms with E-state index >= 15 is 0 Å². The Morgan fingerprint density at radius 1 is 1.17 bits per heavy atom. The highest BCUT2D eigenvalue weighted by atomic mass is 16.5. The SMILES string of the molecule is CCOc1cc(C(CC(=O)NO)N2C(=O)c3cccc(NC)c3C2=O)ccc1OC. The maximum atomic E-state index is 13.2. The molecule has 0 aliphatic carbocycles. The van der Waals surface area contributed by atoms with Crippen molar-refractivity contribution >= 4 is 23.4 Å². The van der Waals surface area contributed by atoms with E-state index in [9.17, 15) is 14.4 Å². The molecule has 3 rings (SSSR count). The molecule has 30 heavy (non-hydrogen) atoms. The molecule has 3 N–H and O–H groups in total. The molecule has 0 radical (unpaired) electrons. The number of hydroxylamine groups is 1.